The van der Waals surface area contributed by atoms with Gasteiger partial charge in [-0.1, -0.05) is 6.92 Å². The summed E-state index contributed by atoms with van der Waals surface area (Å²) in [7, 11) is 0. The molecule has 0 aromatic rings. The van der Waals surface area contributed by atoms with E-state index in [4.69, 9.17) is 0 Å². The molecule has 0 bridgehead atoms. The van der Waals surface area contributed by atoms with E-state index < -0.39 is 0 Å². The summed E-state index contributed by atoms with van der Waals surface area (Å²) in [6.45, 7) is 3.46. The first-order valence-electron chi connectivity index (χ1n) is 4.36. The van der Waals surface area contributed by atoms with Gasteiger partial charge in [-0.3, -0.25) is 0 Å². The topological polar surface area (TPSA) is 12.0 Å². The van der Waals surface area contributed by atoms with Crippen molar-refractivity contribution in [3.8, 4) is 0 Å². The third-order valence-corrected chi connectivity index (χ3v) is 4.00. The van der Waals surface area contributed by atoms with Crippen molar-refractivity contribution in [2.75, 3.05) is 23.8 Å². The van der Waals surface area contributed by atoms with E-state index in [0.29, 0.717) is 0 Å². The van der Waals surface area contributed by atoms with Gasteiger partial charge in [-0.15, -0.1) is 11.8 Å². The second kappa shape index (κ2) is 6.21. The van der Waals surface area contributed by atoms with Crippen LogP contribution in [-0.4, -0.2) is 29.2 Å². The maximum atomic E-state index is 3.53. The zero-order chi connectivity index (χ0) is 7.94. The fraction of sp³-hybridized carbons (Fsp3) is 1.00. The predicted molar refractivity (Wildman–Crippen MR) is 56.5 cm³/mol. The molecule has 0 amide bonds. The molecule has 1 N–H and O–H groups in total. The summed E-state index contributed by atoms with van der Waals surface area (Å²) in [6, 6.07) is 0. The standard InChI is InChI=1S/C8H17NS2/c1-2-10-7-4-8-9-5-3-6-11-8/h8-9H,2-7H2,1H3. The van der Waals surface area contributed by atoms with Gasteiger partial charge in [-0.05, 0) is 36.6 Å². The fourth-order valence-electron chi connectivity index (χ4n) is 1.14. The number of nitrogens with one attached hydrogen (secondary N) is 1. The van der Waals surface area contributed by atoms with Gasteiger partial charge in [0.2, 0.25) is 0 Å². The highest BCUT2D eigenvalue weighted by molar-refractivity contribution is 8.00. The molecule has 1 heterocycles. The number of thioether (sulfide) groups is 2. The Balaban J connectivity index is 1.96. The van der Waals surface area contributed by atoms with Crippen LogP contribution in [0.2, 0.25) is 0 Å². The van der Waals surface area contributed by atoms with Crippen molar-refractivity contribution in [1.29, 1.82) is 0 Å². The van der Waals surface area contributed by atoms with E-state index in [1.54, 1.807) is 0 Å². The van der Waals surface area contributed by atoms with Gasteiger partial charge < -0.3 is 5.32 Å². The summed E-state index contributed by atoms with van der Waals surface area (Å²) in [6.07, 6.45) is 2.69. The van der Waals surface area contributed by atoms with Crippen molar-refractivity contribution in [3.63, 3.8) is 0 Å². The molecule has 0 aliphatic carbocycles. The van der Waals surface area contributed by atoms with Crippen molar-refractivity contribution < 1.29 is 0 Å². The maximum absolute atomic E-state index is 3.53. The first kappa shape index (κ1) is 9.75. The fourth-order valence-corrected chi connectivity index (χ4v) is 3.10. The van der Waals surface area contributed by atoms with Crippen molar-refractivity contribution >= 4 is 23.5 Å². The SMILES string of the molecule is CCSCCC1NCCCS1. The van der Waals surface area contributed by atoms with E-state index in [1.807, 2.05) is 11.8 Å². The van der Waals surface area contributed by atoms with Gasteiger partial charge in [0.25, 0.3) is 0 Å². The Labute approximate surface area is 78.1 Å². The highest BCUT2D eigenvalue weighted by Crippen LogP contribution is 2.18. The molecule has 1 aliphatic heterocycles. The molecular formula is C8H17NS2. The monoisotopic (exact) mass is 191 g/mol. The van der Waals surface area contributed by atoms with Gasteiger partial charge in [0.05, 0.1) is 5.37 Å². The molecular weight excluding hydrogens is 174 g/mol. The first-order valence-corrected chi connectivity index (χ1v) is 6.56. The zero-order valence-corrected chi connectivity index (χ0v) is 8.77. The zero-order valence-electron chi connectivity index (χ0n) is 7.14. The quantitative estimate of drug-likeness (QED) is 0.684. The van der Waals surface area contributed by atoms with Gasteiger partial charge in [0.15, 0.2) is 0 Å². The van der Waals surface area contributed by atoms with E-state index in [-0.39, 0.29) is 0 Å². The Morgan fingerprint density at radius 2 is 2.55 bits per heavy atom. The molecule has 66 valence electrons. The maximum Gasteiger partial charge on any atom is 0.0540 e. The van der Waals surface area contributed by atoms with E-state index in [2.05, 4.69) is 24.0 Å². The highest BCUT2D eigenvalue weighted by atomic mass is 32.2. The molecule has 1 rings (SSSR count). The molecule has 3 heteroatoms. The van der Waals surface area contributed by atoms with E-state index in [0.717, 1.165) is 5.37 Å². The van der Waals surface area contributed by atoms with E-state index in [1.165, 1.54) is 36.6 Å². The molecule has 1 nitrogen and oxygen atoms in total. The second-order valence-electron chi connectivity index (χ2n) is 2.65. The molecule has 1 aliphatic rings. The van der Waals surface area contributed by atoms with Crippen LogP contribution in [0.25, 0.3) is 0 Å². The van der Waals surface area contributed by atoms with Crippen molar-refractivity contribution in [2.24, 2.45) is 0 Å². The van der Waals surface area contributed by atoms with Gasteiger partial charge in [-0.25, -0.2) is 0 Å². The molecule has 0 aromatic heterocycles. The Morgan fingerprint density at radius 3 is 3.18 bits per heavy atom. The van der Waals surface area contributed by atoms with Gasteiger partial charge in [0.1, 0.15) is 0 Å². The smallest absolute Gasteiger partial charge is 0.0540 e. The molecule has 1 fully saturated rings. The third kappa shape index (κ3) is 4.28. The van der Waals surface area contributed by atoms with Crippen LogP contribution in [0.15, 0.2) is 0 Å². The Hall–Kier alpha value is 0.660. The minimum absolute atomic E-state index is 0.753. The lowest BCUT2D eigenvalue weighted by molar-refractivity contribution is 0.610. The lowest BCUT2D eigenvalue weighted by atomic mass is 10.4. The largest absolute Gasteiger partial charge is 0.305 e. The summed E-state index contributed by atoms with van der Waals surface area (Å²) >= 11 is 4.14. The average molecular weight is 191 g/mol. The lowest BCUT2D eigenvalue weighted by Crippen LogP contribution is -2.32. The third-order valence-electron chi connectivity index (χ3n) is 1.74. The predicted octanol–water partition coefficient (Wildman–Crippen LogP) is 2.18. The van der Waals surface area contributed by atoms with Crippen LogP contribution in [0.3, 0.4) is 0 Å². The van der Waals surface area contributed by atoms with Crippen LogP contribution < -0.4 is 5.32 Å². The van der Waals surface area contributed by atoms with E-state index in [9.17, 15) is 0 Å². The molecule has 0 aromatic carbocycles. The van der Waals surface area contributed by atoms with Crippen LogP contribution in [-0.2, 0) is 0 Å². The summed E-state index contributed by atoms with van der Waals surface area (Å²) in [5, 5.41) is 4.28. The number of hydrogen-bond acceptors (Lipinski definition) is 3. The normalized spacial score (nSPS) is 25.4. The minimum atomic E-state index is 0.753. The van der Waals surface area contributed by atoms with Crippen LogP contribution >= 0.6 is 23.5 Å². The summed E-state index contributed by atoms with van der Waals surface area (Å²) < 4.78 is 0. The van der Waals surface area contributed by atoms with Crippen LogP contribution in [0.5, 0.6) is 0 Å². The minimum Gasteiger partial charge on any atom is -0.305 e. The summed E-state index contributed by atoms with van der Waals surface area (Å²) in [5.41, 5.74) is 0. The Bertz CT molecular complexity index is 92.1. The molecule has 1 saturated heterocycles. The average Bonchev–Trinajstić information content (AvgIpc) is 2.07. The summed E-state index contributed by atoms with van der Waals surface area (Å²) in [5.74, 6) is 3.94. The molecule has 0 saturated carbocycles. The molecule has 1 unspecified atom stereocenters. The Morgan fingerprint density at radius 1 is 1.64 bits per heavy atom. The second-order valence-corrected chi connectivity index (χ2v) is 5.36. The van der Waals surface area contributed by atoms with Gasteiger partial charge >= 0.3 is 0 Å². The van der Waals surface area contributed by atoms with Crippen LogP contribution in [0.1, 0.15) is 19.8 Å². The molecule has 0 radical (unpaired) electrons. The van der Waals surface area contributed by atoms with Crippen molar-refractivity contribution in [3.05, 3.63) is 0 Å². The summed E-state index contributed by atoms with van der Waals surface area (Å²) in [4.78, 5) is 0. The van der Waals surface area contributed by atoms with E-state index >= 15 is 0 Å². The van der Waals surface area contributed by atoms with Crippen molar-refractivity contribution in [2.45, 2.75) is 25.1 Å². The molecule has 1 atom stereocenters. The molecule has 0 spiro atoms. The van der Waals surface area contributed by atoms with Gasteiger partial charge in [0, 0.05) is 0 Å². The molecule has 11 heavy (non-hydrogen) atoms. The first-order chi connectivity index (χ1) is 5.43. The van der Waals surface area contributed by atoms with Gasteiger partial charge in [-0.2, -0.15) is 11.8 Å². The number of rotatable bonds is 4. The van der Waals surface area contributed by atoms with Crippen LogP contribution in [0, 0.1) is 0 Å². The lowest BCUT2D eigenvalue weighted by Gasteiger charge is -2.22. The van der Waals surface area contributed by atoms with Crippen LogP contribution in [0.4, 0.5) is 0 Å². The highest BCUT2D eigenvalue weighted by Gasteiger charge is 2.11. The number of hydrogen-bond donors (Lipinski definition) is 1. The van der Waals surface area contributed by atoms with Crippen molar-refractivity contribution in [1.82, 2.24) is 5.32 Å². The Kier molecular flexibility index (Phi) is 5.50.